The molecular weight excluding hydrogens is 346 g/mol. The van der Waals surface area contributed by atoms with Gasteiger partial charge in [0, 0.05) is 35.6 Å². The first-order valence-corrected chi connectivity index (χ1v) is 6.84. The van der Waals surface area contributed by atoms with Crippen molar-refractivity contribution in [3.8, 4) is 0 Å². The summed E-state index contributed by atoms with van der Waals surface area (Å²) in [6.45, 7) is 2.56. The lowest BCUT2D eigenvalue weighted by molar-refractivity contribution is -0.121. The summed E-state index contributed by atoms with van der Waals surface area (Å²) in [6.07, 6.45) is 0.292. The summed E-state index contributed by atoms with van der Waals surface area (Å²) in [5, 5.41) is 5.42. The highest BCUT2D eigenvalue weighted by Crippen LogP contribution is 2.10. The summed E-state index contributed by atoms with van der Waals surface area (Å²) >= 11 is 3.30. The van der Waals surface area contributed by atoms with Crippen molar-refractivity contribution in [1.29, 1.82) is 0 Å². The van der Waals surface area contributed by atoms with Crippen LogP contribution >= 0.6 is 28.3 Å². The van der Waals surface area contributed by atoms with Crippen LogP contribution in [0.4, 0.5) is 0 Å². The van der Waals surface area contributed by atoms with Crippen molar-refractivity contribution in [2.45, 2.75) is 19.4 Å². The van der Waals surface area contributed by atoms with E-state index in [1.807, 2.05) is 0 Å². The van der Waals surface area contributed by atoms with Gasteiger partial charge < -0.3 is 16.4 Å². The summed E-state index contributed by atoms with van der Waals surface area (Å²) in [6, 6.07) is 6.92. The number of nitrogens with one attached hydrogen (secondary N) is 2. The molecule has 0 aliphatic rings. The molecule has 5 nitrogen and oxygen atoms in total. The fourth-order valence-corrected chi connectivity index (χ4v) is 1.71. The fraction of sp³-hybridized carbons (Fsp3) is 0.385. The van der Waals surface area contributed by atoms with Gasteiger partial charge in [-0.1, -0.05) is 15.9 Å². The van der Waals surface area contributed by atoms with E-state index in [1.165, 1.54) is 0 Å². The van der Waals surface area contributed by atoms with Crippen LogP contribution in [-0.2, 0) is 4.79 Å². The van der Waals surface area contributed by atoms with Crippen molar-refractivity contribution in [1.82, 2.24) is 10.6 Å². The number of hydrogen-bond donors (Lipinski definition) is 3. The van der Waals surface area contributed by atoms with Crippen LogP contribution < -0.4 is 16.4 Å². The SMILES string of the molecule is CC(N)CC(=O)NCCNC(=O)c1ccc(Br)cc1.Cl. The topological polar surface area (TPSA) is 84.2 Å². The molecule has 0 aromatic heterocycles. The van der Waals surface area contributed by atoms with Crippen LogP contribution in [0.15, 0.2) is 28.7 Å². The van der Waals surface area contributed by atoms with Gasteiger partial charge in [-0.05, 0) is 31.2 Å². The number of nitrogens with two attached hydrogens (primary N) is 1. The summed E-state index contributed by atoms with van der Waals surface area (Å²) in [7, 11) is 0. The van der Waals surface area contributed by atoms with E-state index in [9.17, 15) is 9.59 Å². The minimum atomic E-state index is -0.158. The van der Waals surface area contributed by atoms with E-state index < -0.39 is 0 Å². The zero-order chi connectivity index (χ0) is 14.3. The molecular formula is C13H19BrClN3O2. The van der Waals surface area contributed by atoms with Gasteiger partial charge in [-0.3, -0.25) is 9.59 Å². The maximum Gasteiger partial charge on any atom is 0.251 e. The molecule has 2 amide bonds. The molecule has 0 fully saturated rings. The van der Waals surface area contributed by atoms with Crippen LogP contribution in [0.5, 0.6) is 0 Å². The van der Waals surface area contributed by atoms with Crippen molar-refractivity contribution in [3.05, 3.63) is 34.3 Å². The lowest BCUT2D eigenvalue weighted by atomic mass is 10.2. The second-order valence-electron chi connectivity index (χ2n) is 4.29. The first kappa shape index (κ1) is 18.9. The molecule has 112 valence electrons. The number of halogens is 2. The minimum absolute atomic E-state index is 0. The van der Waals surface area contributed by atoms with E-state index in [-0.39, 0.29) is 30.3 Å². The molecule has 20 heavy (non-hydrogen) atoms. The minimum Gasteiger partial charge on any atom is -0.354 e. The molecule has 0 aliphatic carbocycles. The molecule has 4 N–H and O–H groups in total. The van der Waals surface area contributed by atoms with E-state index in [4.69, 9.17) is 5.73 Å². The number of benzene rings is 1. The molecule has 0 heterocycles. The van der Waals surface area contributed by atoms with Crippen molar-refractivity contribution in [2.24, 2.45) is 5.73 Å². The highest BCUT2D eigenvalue weighted by molar-refractivity contribution is 9.10. The summed E-state index contributed by atoms with van der Waals surface area (Å²) in [5.41, 5.74) is 6.09. The Balaban J connectivity index is 0.00000361. The van der Waals surface area contributed by atoms with Crippen LogP contribution in [0.25, 0.3) is 0 Å². The Kier molecular flexibility index (Phi) is 9.20. The molecule has 1 aromatic carbocycles. The van der Waals surface area contributed by atoms with Gasteiger partial charge in [0.05, 0.1) is 0 Å². The summed E-state index contributed by atoms with van der Waals surface area (Å²) in [5.74, 6) is -0.262. The Bertz CT molecular complexity index is 438. The van der Waals surface area contributed by atoms with Crippen LogP contribution in [0.2, 0.25) is 0 Å². The average Bonchev–Trinajstić information content (AvgIpc) is 2.34. The van der Waals surface area contributed by atoms with E-state index in [2.05, 4.69) is 26.6 Å². The monoisotopic (exact) mass is 363 g/mol. The Hall–Kier alpha value is -1.11. The molecule has 1 rings (SSSR count). The summed E-state index contributed by atoms with van der Waals surface area (Å²) in [4.78, 5) is 23.0. The standard InChI is InChI=1S/C13H18BrN3O2.ClH/c1-9(15)8-12(18)16-6-7-17-13(19)10-2-4-11(14)5-3-10;/h2-5,9H,6-8,15H2,1H3,(H,16,18)(H,17,19);1H. The molecule has 0 spiro atoms. The second-order valence-corrected chi connectivity index (χ2v) is 5.21. The van der Waals surface area contributed by atoms with E-state index in [1.54, 1.807) is 31.2 Å². The lowest BCUT2D eigenvalue weighted by Gasteiger charge is -2.08. The zero-order valence-corrected chi connectivity index (χ0v) is 13.6. The van der Waals surface area contributed by atoms with Gasteiger partial charge >= 0.3 is 0 Å². The highest BCUT2D eigenvalue weighted by Gasteiger charge is 2.06. The van der Waals surface area contributed by atoms with Gasteiger partial charge in [-0.25, -0.2) is 0 Å². The van der Waals surface area contributed by atoms with Gasteiger partial charge in [-0.15, -0.1) is 12.4 Å². The smallest absolute Gasteiger partial charge is 0.251 e. The first-order chi connectivity index (χ1) is 8.99. The van der Waals surface area contributed by atoms with Crippen LogP contribution in [0, 0.1) is 0 Å². The van der Waals surface area contributed by atoms with Crippen molar-refractivity contribution in [2.75, 3.05) is 13.1 Å². The van der Waals surface area contributed by atoms with Crippen molar-refractivity contribution >= 4 is 40.2 Å². The van der Waals surface area contributed by atoms with Gasteiger partial charge in [0.2, 0.25) is 5.91 Å². The average molecular weight is 365 g/mol. The van der Waals surface area contributed by atoms with Gasteiger partial charge in [0.25, 0.3) is 5.91 Å². The third kappa shape index (κ3) is 7.47. The maximum absolute atomic E-state index is 11.7. The van der Waals surface area contributed by atoms with Gasteiger partial charge in [0.15, 0.2) is 0 Å². The molecule has 1 aromatic rings. The van der Waals surface area contributed by atoms with Crippen LogP contribution in [0.1, 0.15) is 23.7 Å². The zero-order valence-electron chi connectivity index (χ0n) is 11.2. The lowest BCUT2D eigenvalue weighted by Crippen LogP contribution is -2.36. The molecule has 0 aliphatic heterocycles. The fourth-order valence-electron chi connectivity index (χ4n) is 1.45. The van der Waals surface area contributed by atoms with Gasteiger partial charge in [0.1, 0.15) is 0 Å². The summed E-state index contributed by atoms with van der Waals surface area (Å²) < 4.78 is 0.923. The third-order valence-corrected chi connectivity index (χ3v) is 2.88. The molecule has 0 bridgehead atoms. The Labute approximate surface area is 133 Å². The van der Waals surface area contributed by atoms with E-state index in [0.717, 1.165) is 4.47 Å². The highest BCUT2D eigenvalue weighted by atomic mass is 79.9. The quantitative estimate of drug-likeness (QED) is 0.668. The molecule has 0 saturated heterocycles. The van der Waals surface area contributed by atoms with Crippen molar-refractivity contribution in [3.63, 3.8) is 0 Å². The Morgan fingerprint density at radius 1 is 1.20 bits per heavy atom. The number of amides is 2. The molecule has 0 radical (unpaired) electrons. The Morgan fingerprint density at radius 3 is 2.30 bits per heavy atom. The number of rotatable bonds is 6. The predicted molar refractivity (Wildman–Crippen MR) is 85.0 cm³/mol. The largest absolute Gasteiger partial charge is 0.354 e. The number of carbonyl (C=O) groups excluding carboxylic acids is 2. The van der Waals surface area contributed by atoms with E-state index in [0.29, 0.717) is 25.1 Å². The first-order valence-electron chi connectivity index (χ1n) is 6.05. The maximum atomic E-state index is 11.7. The normalized spacial score (nSPS) is 11.2. The molecule has 0 saturated carbocycles. The number of carbonyl (C=O) groups is 2. The van der Waals surface area contributed by atoms with Crippen molar-refractivity contribution < 1.29 is 9.59 Å². The second kappa shape index (κ2) is 9.74. The van der Waals surface area contributed by atoms with Crippen LogP contribution in [-0.4, -0.2) is 30.9 Å². The van der Waals surface area contributed by atoms with Gasteiger partial charge in [-0.2, -0.15) is 0 Å². The molecule has 7 heteroatoms. The third-order valence-electron chi connectivity index (χ3n) is 2.35. The Morgan fingerprint density at radius 2 is 1.75 bits per heavy atom. The van der Waals surface area contributed by atoms with E-state index >= 15 is 0 Å². The number of hydrogen-bond acceptors (Lipinski definition) is 3. The van der Waals surface area contributed by atoms with Crippen LogP contribution in [0.3, 0.4) is 0 Å². The molecule has 1 atom stereocenters. The molecule has 1 unspecified atom stereocenters. The predicted octanol–water partition coefficient (Wildman–Crippen LogP) is 1.45.